The fourth-order valence-corrected chi connectivity index (χ4v) is 4.16. The summed E-state index contributed by atoms with van der Waals surface area (Å²) in [6.45, 7) is 0. The summed E-state index contributed by atoms with van der Waals surface area (Å²) in [6, 6.07) is 17.1. The Morgan fingerprint density at radius 3 is 2.43 bits per heavy atom. The quantitative estimate of drug-likeness (QED) is 0.497. The summed E-state index contributed by atoms with van der Waals surface area (Å²) in [4.78, 5) is 4.03. The van der Waals surface area contributed by atoms with Crippen molar-refractivity contribution in [2.45, 2.75) is 4.90 Å². The molecule has 4 rings (SSSR count). The molecule has 28 heavy (non-hydrogen) atoms. The van der Waals surface area contributed by atoms with Crippen molar-refractivity contribution in [1.82, 2.24) is 14.2 Å². The number of halogens is 2. The largest absolute Gasteiger partial charge is 0.367 e. The van der Waals surface area contributed by atoms with Crippen molar-refractivity contribution in [1.29, 1.82) is 0 Å². The lowest BCUT2D eigenvalue weighted by molar-refractivity contribution is 0.581. The number of hydrogen-bond donors (Lipinski definition) is 2. The summed E-state index contributed by atoms with van der Waals surface area (Å²) in [5.74, 6) is -0.254. The molecule has 0 amide bonds. The van der Waals surface area contributed by atoms with E-state index in [0.29, 0.717) is 19.8 Å². The van der Waals surface area contributed by atoms with Crippen molar-refractivity contribution in [3.8, 4) is 0 Å². The van der Waals surface area contributed by atoms with Crippen LogP contribution in [0, 0.1) is 0 Å². The molecule has 0 fully saturated rings. The first kappa shape index (κ1) is 18.5. The summed E-state index contributed by atoms with van der Waals surface area (Å²) in [5.41, 5.74) is 6.34. The molecule has 0 spiro atoms. The minimum atomic E-state index is -4.02. The summed E-state index contributed by atoms with van der Waals surface area (Å²) < 4.78 is 26.6. The molecule has 1 heterocycles. The first-order valence-corrected chi connectivity index (χ1v) is 10.2. The van der Waals surface area contributed by atoms with Gasteiger partial charge in [-0.1, -0.05) is 53.5 Å². The smallest absolute Gasteiger partial charge is 0.286 e. The molecule has 0 bridgehead atoms. The van der Waals surface area contributed by atoms with E-state index < -0.39 is 10.0 Å². The Kier molecular flexibility index (Phi) is 4.62. The van der Waals surface area contributed by atoms with E-state index in [1.54, 1.807) is 30.3 Å². The van der Waals surface area contributed by atoms with Crippen molar-refractivity contribution >= 4 is 61.6 Å². The van der Waals surface area contributed by atoms with Gasteiger partial charge in [0, 0.05) is 5.69 Å². The number of fused-ring (bicyclic) bond motifs is 1. The lowest BCUT2D eigenvalue weighted by Gasteiger charge is -2.06. The van der Waals surface area contributed by atoms with Crippen LogP contribution in [0.2, 0.25) is 10.0 Å². The Balaban J connectivity index is 1.70. The van der Waals surface area contributed by atoms with Crippen LogP contribution >= 0.6 is 23.2 Å². The summed E-state index contributed by atoms with van der Waals surface area (Å²) in [6.07, 6.45) is 0. The zero-order valence-corrected chi connectivity index (χ0v) is 16.5. The molecule has 10 heteroatoms. The lowest BCUT2D eigenvalue weighted by atomic mass is 10.1. The maximum absolute atomic E-state index is 13.0. The standard InChI is InChI=1S/C18H13Cl2N5O2S/c19-15-8-6-13(10-16(15)20)22-18-23-17(21)25(24-18)28(26,27)14-7-5-11-3-1-2-4-12(11)9-14/h1-10H,(H3,21,22,23,24). The van der Waals surface area contributed by atoms with Crippen molar-refractivity contribution in [3.05, 3.63) is 70.7 Å². The molecule has 0 saturated carbocycles. The Bertz CT molecular complexity index is 1300. The molecule has 0 aliphatic heterocycles. The molecule has 0 saturated heterocycles. The lowest BCUT2D eigenvalue weighted by Crippen LogP contribution is -2.17. The molecule has 1 aromatic heterocycles. The number of nitrogens with two attached hydrogens (primary N) is 1. The van der Waals surface area contributed by atoms with Gasteiger partial charge in [-0.05, 0) is 41.1 Å². The van der Waals surface area contributed by atoms with Gasteiger partial charge >= 0.3 is 0 Å². The highest BCUT2D eigenvalue weighted by atomic mass is 35.5. The van der Waals surface area contributed by atoms with Crippen LogP contribution in [0.4, 0.5) is 17.6 Å². The van der Waals surface area contributed by atoms with E-state index >= 15 is 0 Å². The van der Waals surface area contributed by atoms with Gasteiger partial charge < -0.3 is 11.1 Å². The minimum Gasteiger partial charge on any atom is -0.367 e. The Hall–Kier alpha value is -2.81. The van der Waals surface area contributed by atoms with Crippen LogP contribution in [0.1, 0.15) is 0 Å². The molecule has 0 unspecified atom stereocenters. The van der Waals surface area contributed by atoms with Gasteiger partial charge in [-0.2, -0.15) is 13.4 Å². The topological polar surface area (TPSA) is 103 Å². The van der Waals surface area contributed by atoms with Crippen LogP contribution in [-0.4, -0.2) is 22.6 Å². The molecule has 0 atom stereocenters. The van der Waals surface area contributed by atoms with Crippen molar-refractivity contribution < 1.29 is 8.42 Å². The van der Waals surface area contributed by atoms with Crippen LogP contribution in [0.3, 0.4) is 0 Å². The van der Waals surface area contributed by atoms with E-state index in [9.17, 15) is 8.42 Å². The van der Waals surface area contributed by atoms with Crippen molar-refractivity contribution in [3.63, 3.8) is 0 Å². The number of nitrogens with one attached hydrogen (secondary N) is 1. The van der Waals surface area contributed by atoms with Gasteiger partial charge in [0.2, 0.25) is 11.9 Å². The molecule has 0 aliphatic carbocycles. The number of benzene rings is 3. The van der Waals surface area contributed by atoms with Gasteiger partial charge in [0.05, 0.1) is 14.9 Å². The minimum absolute atomic E-state index is 0.0141. The summed E-state index contributed by atoms with van der Waals surface area (Å²) in [5, 5.41) is 9.29. The number of nitrogen functional groups attached to an aromatic ring is 1. The van der Waals surface area contributed by atoms with Crippen LogP contribution in [0.15, 0.2) is 65.6 Å². The maximum atomic E-state index is 13.0. The predicted octanol–water partition coefficient (Wildman–Crippen LogP) is 4.30. The fraction of sp³-hybridized carbons (Fsp3) is 0. The average molecular weight is 434 g/mol. The van der Waals surface area contributed by atoms with E-state index in [-0.39, 0.29) is 16.8 Å². The second-order valence-electron chi connectivity index (χ2n) is 5.90. The molecule has 0 radical (unpaired) electrons. The summed E-state index contributed by atoms with van der Waals surface area (Å²) in [7, 11) is -4.02. The van der Waals surface area contributed by atoms with Crippen LogP contribution in [-0.2, 0) is 10.0 Å². The number of nitrogens with zero attached hydrogens (tertiary/aromatic N) is 3. The third-order valence-electron chi connectivity index (χ3n) is 4.02. The van der Waals surface area contributed by atoms with E-state index in [4.69, 9.17) is 28.9 Å². The second kappa shape index (κ2) is 6.97. The highest BCUT2D eigenvalue weighted by molar-refractivity contribution is 7.90. The number of rotatable bonds is 4. The Morgan fingerprint density at radius 2 is 1.68 bits per heavy atom. The van der Waals surface area contributed by atoms with Gasteiger partial charge in [-0.3, -0.25) is 0 Å². The average Bonchev–Trinajstić information content (AvgIpc) is 3.05. The van der Waals surface area contributed by atoms with Gasteiger partial charge in [0.1, 0.15) is 0 Å². The first-order valence-electron chi connectivity index (χ1n) is 8.03. The molecule has 7 nitrogen and oxygen atoms in total. The summed E-state index contributed by atoms with van der Waals surface area (Å²) >= 11 is 11.9. The normalized spacial score (nSPS) is 11.6. The Labute approximate surface area is 170 Å². The van der Waals surface area contributed by atoms with Crippen molar-refractivity contribution in [2.75, 3.05) is 11.1 Å². The molecule has 0 aliphatic rings. The first-order chi connectivity index (χ1) is 13.3. The van der Waals surface area contributed by atoms with Crippen LogP contribution in [0.25, 0.3) is 10.8 Å². The van der Waals surface area contributed by atoms with E-state index in [0.717, 1.165) is 10.8 Å². The SMILES string of the molecule is Nc1nc(Nc2ccc(Cl)c(Cl)c2)nn1S(=O)(=O)c1ccc2ccccc2c1. The third-order valence-corrected chi connectivity index (χ3v) is 6.34. The van der Waals surface area contributed by atoms with Gasteiger partial charge in [-0.15, -0.1) is 9.19 Å². The van der Waals surface area contributed by atoms with Crippen LogP contribution in [0.5, 0.6) is 0 Å². The van der Waals surface area contributed by atoms with Gasteiger partial charge in [0.25, 0.3) is 10.0 Å². The van der Waals surface area contributed by atoms with E-state index in [1.165, 1.54) is 6.07 Å². The van der Waals surface area contributed by atoms with Crippen LogP contribution < -0.4 is 11.1 Å². The zero-order chi connectivity index (χ0) is 19.9. The number of aromatic nitrogens is 3. The van der Waals surface area contributed by atoms with E-state index in [2.05, 4.69) is 15.4 Å². The third kappa shape index (κ3) is 3.37. The molecular weight excluding hydrogens is 421 g/mol. The highest BCUT2D eigenvalue weighted by Crippen LogP contribution is 2.27. The zero-order valence-electron chi connectivity index (χ0n) is 14.2. The van der Waals surface area contributed by atoms with Crippen molar-refractivity contribution in [2.24, 2.45) is 0 Å². The molecule has 3 aromatic carbocycles. The molecular formula is C18H13Cl2N5O2S. The number of hydrogen-bond acceptors (Lipinski definition) is 6. The van der Waals surface area contributed by atoms with Gasteiger partial charge in [-0.25, -0.2) is 0 Å². The molecule has 142 valence electrons. The fourth-order valence-electron chi connectivity index (χ4n) is 2.67. The second-order valence-corrected chi connectivity index (χ2v) is 8.49. The van der Waals surface area contributed by atoms with Gasteiger partial charge in [0.15, 0.2) is 0 Å². The maximum Gasteiger partial charge on any atom is 0.286 e. The highest BCUT2D eigenvalue weighted by Gasteiger charge is 2.23. The monoisotopic (exact) mass is 433 g/mol. The molecule has 4 aromatic rings. The van der Waals surface area contributed by atoms with E-state index in [1.807, 2.05) is 24.3 Å². The number of anilines is 3. The Morgan fingerprint density at radius 1 is 0.929 bits per heavy atom. The molecule has 3 N–H and O–H groups in total. The predicted molar refractivity (Wildman–Crippen MR) is 111 cm³/mol.